The smallest absolute Gasteiger partial charge is 0.252 e. The summed E-state index contributed by atoms with van der Waals surface area (Å²) in [6.45, 7) is 1.39. The molecule has 0 unspecified atom stereocenters. The Labute approximate surface area is 169 Å². The van der Waals surface area contributed by atoms with Crippen molar-refractivity contribution >= 4 is 22.5 Å². The number of amides is 1. The minimum atomic E-state index is -0.0894. The van der Waals surface area contributed by atoms with Crippen LogP contribution in [0.15, 0.2) is 85.2 Å². The average molecular weight is 382 g/mol. The number of benzene rings is 2. The second-order valence-corrected chi connectivity index (χ2v) is 6.72. The van der Waals surface area contributed by atoms with Gasteiger partial charge in [0.1, 0.15) is 0 Å². The van der Waals surface area contributed by atoms with Gasteiger partial charge in [-0.2, -0.15) is 0 Å². The van der Waals surface area contributed by atoms with Crippen LogP contribution in [0.3, 0.4) is 0 Å². The molecule has 5 heteroatoms. The summed E-state index contributed by atoms with van der Waals surface area (Å²) in [5, 5.41) is 7.23. The lowest BCUT2D eigenvalue weighted by Gasteiger charge is -2.11. The van der Waals surface area contributed by atoms with Crippen LogP contribution in [0.1, 0.15) is 16.8 Å². The summed E-state index contributed by atoms with van der Waals surface area (Å²) in [6.07, 6.45) is 4.31. The fraction of sp³-hybridized carbons (Fsp3) is 0.125. The molecule has 0 radical (unpaired) electrons. The van der Waals surface area contributed by atoms with Gasteiger partial charge in [0.15, 0.2) is 0 Å². The number of rotatable bonds is 7. The number of pyridine rings is 2. The van der Waals surface area contributed by atoms with Crippen molar-refractivity contribution in [2.45, 2.75) is 6.42 Å². The molecule has 0 bridgehead atoms. The largest absolute Gasteiger partial charge is 0.385 e. The monoisotopic (exact) mass is 382 g/mol. The number of hydrogen-bond acceptors (Lipinski definition) is 4. The zero-order valence-electron chi connectivity index (χ0n) is 16.0. The van der Waals surface area contributed by atoms with Gasteiger partial charge in [-0.25, -0.2) is 4.98 Å². The predicted molar refractivity (Wildman–Crippen MR) is 117 cm³/mol. The Morgan fingerprint density at radius 2 is 1.72 bits per heavy atom. The Kier molecular flexibility index (Phi) is 5.76. The molecule has 4 aromatic rings. The van der Waals surface area contributed by atoms with Crippen LogP contribution < -0.4 is 10.6 Å². The number of nitrogens with one attached hydrogen (secondary N) is 2. The Hall–Kier alpha value is -3.73. The van der Waals surface area contributed by atoms with E-state index in [2.05, 4.69) is 15.6 Å². The van der Waals surface area contributed by atoms with Gasteiger partial charge in [0.05, 0.1) is 16.8 Å². The lowest BCUT2D eigenvalue weighted by Crippen LogP contribution is -2.26. The summed E-state index contributed by atoms with van der Waals surface area (Å²) >= 11 is 0. The van der Waals surface area contributed by atoms with Gasteiger partial charge in [0, 0.05) is 42.1 Å². The van der Waals surface area contributed by atoms with E-state index in [0.717, 1.165) is 40.8 Å². The van der Waals surface area contributed by atoms with Crippen molar-refractivity contribution in [2.24, 2.45) is 0 Å². The molecule has 2 aromatic carbocycles. The first kappa shape index (κ1) is 18.6. The summed E-state index contributed by atoms with van der Waals surface area (Å²) in [5.41, 5.74) is 4.14. The van der Waals surface area contributed by atoms with E-state index in [1.165, 1.54) is 0 Å². The molecule has 29 heavy (non-hydrogen) atoms. The van der Waals surface area contributed by atoms with Gasteiger partial charge in [0.25, 0.3) is 5.91 Å². The molecular formula is C24H22N4O. The Bertz CT molecular complexity index is 1100. The van der Waals surface area contributed by atoms with Gasteiger partial charge >= 0.3 is 0 Å². The first-order valence-electron chi connectivity index (χ1n) is 9.68. The molecule has 4 rings (SSSR count). The molecule has 144 valence electrons. The standard InChI is InChI=1S/C24H22N4O/c29-24(27-15-7-14-26-19-9-2-1-3-10-19)21-16-23(18-8-6-13-25-17-18)28-22-12-5-4-11-20(21)22/h1-6,8-13,16-17,26H,7,14-15H2,(H,27,29). The zero-order chi connectivity index (χ0) is 19.9. The van der Waals surface area contributed by atoms with Crippen molar-refractivity contribution < 1.29 is 4.79 Å². The maximum absolute atomic E-state index is 12.9. The lowest BCUT2D eigenvalue weighted by atomic mass is 10.0. The van der Waals surface area contributed by atoms with E-state index < -0.39 is 0 Å². The Morgan fingerprint density at radius 1 is 0.897 bits per heavy atom. The minimum absolute atomic E-state index is 0.0894. The summed E-state index contributed by atoms with van der Waals surface area (Å²) in [6, 6.07) is 23.4. The van der Waals surface area contributed by atoms with E-state index >= 15 is 0 Å². The number of hydrogen-bond donors (Lipinski definition) is 2. The average Bonchev–Trinajstić information content (AvgIpc) is 2.79. The highest BCUT2D eigenvalue weighted by molar-refractivity contribution is 6.07. The van der Waals surface area contributed by atoms with Crippen LogP contribution in [-0.4, -0.2) is 29.0 Å². The van der Waals surface area contributed by atoms with Gasteiger partial charge in [-0.1, -0.05) is 36.4 Å². The highest BCUT2D eigenvalue weighted by Gasteiger charge is 2.13. The third kappa shape index (κ3) is 4.58. The highest BCUT2D eigenvalue weighted by atomic mass is 16.1. The number of aromatic nitrogens is 2. The first-order valence-corrected chi connectivity index (χ1v) is 9.68. The van der Waals surface area contributed by atoms with E-state index in [1.54, 1.807) is 12.4 Å². The maximum Gasteiger partial charge on any atom is 0.252 e. The van der Waals surface area contributed by atoms with E-state index in [0.29, 0.717) is 12.1 Å². The van der Waals surface area contributed by atoms with Crippen LogP contribution in [0, 0.1) is 0 Å². The number of para-hydroxylation sites is 2. The molecule has 0 aliphatic heterocycles. The van der Waals surface area contributed by atoms with E-state index in [4.69, 9.17) is 4.98 Å². The van der Waals surface area contributed by atoms with Crippen molar-refractivity contribution in [1.82, 2.24) is 15.3 Å². The summed E-state index contributed by atoms with van der Waals surface area (Å²) in [4.78, 5) is 21.8. The molecule has 5 nitrogen and oxygen atoms in total. The molecule has 0 aliphatic rings. The van der Waals surface area contributed by atoms with E-state index in [9.17, 15) is 4.79 Å². The molecule has 0 atom stereocenters. The molecule has 1 amide bonds. The molecule has 2 heterocycles. The van der Waals surface area contributed by atoms with Crippen LogP contribution in [0.4, 0.5) is 5.69 Å². The van der Waals surface area contributed by atoms with Crippen LogP contribution in [-0.2, 0) is 0 Å². The molecule has 0 saturated carbocycles. The lowest BCUT2D eigenvalue weighted by molar-refractivity contribution is 0.0955. The highest BCUT2D eigenvalue weighted by Crippen LogP contribution is 2.24. The van der Waals surface area contributed by atoms with Gasteiger partial charge in [-0.3, -0.25) is 9.78 Å². The van der Waals surface area contributed by atoms with Gasteiger partial charge in [0.2, 0.25) is 0 Å². The third-order valence-electron chi connectivity index (χ3n) is 4.66. The first-order chi connectivity index (χ1) is 14.3. The van der Waals surface area contributed by atoms with Crippen molar-refractivity contribution in [3.8, 4) is 11.3 Å². The summed E-state index contributed by atoms with van der Waals surface area (Å²) < 4.78 is 0. The van der Waals surface area contributed by atoms with Crippen molar-refractivity contribution in [1.29, 1.82) is 0 Å². The maximum atomic E-state index is 12.9. The summed E-state index contributed by atoms with van der Waals surface area (Å²) in [5.74, 6) is -0.0894. The number of fused-ring (bicyclic) bond motifs is 1. The van der Waals surface area contributed by atoms with Gasteiger partial charge in [-0.05, 0) is 42.8 Å². The molecule has 0 fully saturated rings. The van der Waals surface area contributed by atoms with Crippen LogP contribution in [0.5, 0.6) is 0 Å². The van der Waals surface area contributed by atoms with Gasteiger partial charge in [-0.15, -0.1) is 0 Å². The summed E-state index contributed by atoms with van der Waals surface area (Å²) in [7, 11) is 0. The van der Waals surface area contributed by atoms with Crippen LogP contribution in [0.25, 0.3) is 22.2 Å². The van der Waals surface area contributed by atoms with Crippen molar-refractivity contribution in [2.75, 3.05) is 18.4 Å². The quantitative estimate of drug-likeness (QED) is 0.461. The number of anilines is 1. The SMILES string of the molecule is O=C(NCCCNc1ccccc1)c1cc(-c2cccnc2)nc2ccccc12. The molecular weight excluding hydrogens is 360 g/mol. The van der Waals surface area contributed by atoms with Crippen LogP contribution >= 0.6 is 0 Å². The van der Waals surface area contributed by atoms with Crippen molar-refractivity contribution in [3.05, 3.63) is 90.8 Å². The second kappa shape index (κ2) is 8.97. The van der Waals surface area contributed by atoms with E-state index in [1.807, 2.05) is 72.8 Å². The second-order valence-electron chi connectivity index (χ2n) is 6.72. The predicted octanol–water partition coefficient (Wildman–Crippen LogP) is 4.53. The van der Waals surface area contributed by atoms with Gasteiger partial charge < -0.3 is 10.6 Å². The molecule has 2 aromatic heterocycles. The Balaban J connectivity index is 1.46. The molecule has 2 N–H and O–H groups in total. The number of nitrogens with zero attached hydrogens (tertiary/aromatic N) is 2. The molecule has 0 spiro atoms. The normalized spacial score (nSPS) is 10.6. The van der Waals surface area contributed by atoms with Crippen molar-refractivity contribution in [3.63, 3.8) is 0 Å². The fourth-order valence-corrected chi connectivity index (χ4v) is 3.20. The fourth-order valence-electron chi connectivity index (χ4n) is 3.20. The topological polar surface area (TPSA) is 66.9 Å². The Morgan fingerprint density at radius 3 is 2.55 bits per heavy atom. The number of carbonyl (C=O) groups excluding carboxylic acids is 1. The molecule has 0 aliphatic carbocycles. The molecule has 0 saturated heterocycles. The van der Waals surface area contributed by atoms with E-state index in [-0.39, 0.29) is 5.91 Å². The minimum Gasteiger partial charge on any atom is -0.385 e. The third-order valence-corrected chi connectivity index (χ3v) is 4.66. The zero-order valence-corrected chi connectivity index (χ0v) is 16.0. The number of carbonyl (C=O) groups is 1. The van der Waals surface area contributed by atoms with Crippen LogP contribution in [0.2, 0.25) is 0 Å².